The van der Waals surface area contributed by atoms with E-state index in [0.29, 0.717) is 45.4 Å². The number of methoxy groups -OCH3 is 3. The summed E-state index contributed by atoms with van der Waals surface area (Å²) in [5.41, 5.74) is 3.64. The van der Waals surface area contributed by atoms with Crippen LogP contribution in [0, 0.1) is 0 Å². The Morgan fingerprint density at radius 3 is 2.42 bits per heavy atom. The maximum Gasteiger partial charge on any atom is 0.312 e. The number of Topliss-reactive ketones (excluding diaryl/α,β-unsaturated/α-hetero) is 1. The molecule has 0 amide bonds. The topological polar surface area (TPSA) is 85.2 Å². The van der Waals surface area contributed by atoms with Gasteiger partial charge < -0.3 is 28.3 Å². The highest BCUT2D eigenvalue weighted by atomic mass is 16.5. The minimum absolute atomic E-state index is 0.0369. The van der Waals surface area contributed by atoms with Crippen molar-refractivity contribution >= 4 is 28.7 Å². The third-order valence-electron chi connectivity index (χ3n) is 7.11. The summed E-state index contributed by atoms with van der Waals surface area (Å²) in [6.07, 6.45) is 3.76. The maximum atomic E-state index is 13.5. The average Bonchev–Trinajstić information content (AvgIpc) is 3.43. The number of rotatable bonds is 5. The summed E-state index contributed by atoms with van der Waals surface area (Å²) in [4.78, 5) is 26.1. The van der Waals surface area contributed by atoms with Gasteiger partial charge in [-0.2, -0.15) is 0 Å². The number of aryl methyl sites for hydroxylation is 1. The molecule has 0 saturated carbocycles. The summed E-state index contributed by atoms with van der Waals surface area (Å²) in [5.74, 6) is 1.32. The van der Waals surface area contributed by atoms with Crippen molar-refractivity contribution in [3.05, 3.63) is 82.7 Å². The van der Waals surface area contributed by atoms with Crippen molar-refractivity contribution in [2.45, 2.75) is 12.3 Å². The fourth-order valence-electron chi connectivity index (χ4n) is 5.33. The summed E-state index contributed by atoms with van der Waals surface area (Å²) in [6.45, 7) is 0. The Morgan fingerprint density at radius 1 is 0.921 bits per heavy atom. The van der Waals surface area contributed by atoms with Gasteiger partial charge in [0, 0.05) is 52.8 Å². The maximum absolute atomic E-state index is 13.5. The second-order valence-electron chi connectivity index (χ2n) is 9.19. The highest BCUT2D eigenvalue weighted by Crippen LogP contribution is 2.52. The number of para-hydroxylation sites is 1. The van der Waals surface area contributed by atoms with Crippen molar-refractivity contribution in [1.82, 2.24) is 4.57 Å². The molecule has 0 aliphatic carbocycles. The van der Waals surface area contributed by atoms with Crippen molar-refractivity contribution in [1.29, 1.82) is 0 Å². The first-order chi connectivity index (χ1) is 18.4. The SMILES string of the molecule is COc1cc(OC)c([C@H]2CC(=O)Oc3ccc4c(c32)O/C(=C/c2cn(C)c3ccccc23)C4=O)cc1OC. The smallest absolute Gasteiger partial charge is 0.312 e. The van der Waals surface area contributed by atoms with Crippen molar-refractivity contribution < 1.29 is 33.3 Å². The van der Waals surface area contributed by atoms with Gasteiger partial charge in [-0.25, -0.2) is 0 Å². The predicted molar refractivity (Wildman–Crippen MR) is 140 cm³/mol. The molecular formula is C30H25NO7. The quantitative estimate of drug-likeness (QED) is 0.205. The van der Waals surface area contributed by atoms with E-state index in [1.165, 1.54) is 0 Å². The van der Waals surface area contributed by atoms with Crippen LogP contribution >= 0.6 is 0 Å². The molecule has 8 nitrogen and oxygen atoms in total. The number of allylic oxidation sites excluding steroid dienone is 1. The number of benzene rings is 3. The Balaban J connectivity index is 1.49. The molecule has 3 aromatic carbocycles. The van der Waals surface area contributed by atoms with Gasteiger partial charge in [0.1, 0.15) is 17.2 Å². The first-order valence-corrected chi connectivity index (χ1v) is 12.1. The Morgan fingerprint density at radius 2 is 1.66 bits per heavy atom. The van der Waals surface area contributed by atoms with Gasteiger partial charge in [0.15, 0.2) is 17.3 Å². The number of hydrogen-bond acceptors (Lipinski definition) is 7. The van der Waals surface area contributed by atoms with Crippen LogP contribution in [0.15, 0.2) is 60.5 Å². The molecule has 1 atom stereocenters. The van der Waals surface area contributed by atoms with Gasteiger partial charge in [0.2, 0.25) is 5.78 Å². The van der Waals surface area contributed by atoms with Crippen LogP contribution in [-0.4, -0.2) is 37.6 Å². The molecule has 4 aromatic rings. The number of ether oxygens (including phenoxy) is 5. The Hall–Kier alpha value is -4.72. The van der Waals surface area contributed by atoms with Crippen molar-refractivity contribution in [2.24, 2.45) is 7.05 Å². The third-order valence-corrected chi connectivity index (χ3v) is 7.11. The molecule has 0 saturated heterocycles. The lowest BCUT2D eigenvalue weighted by Crippen LogP contribution is -2.22. The van der Waals surface area contributed by atoms with E-state index in [9.17, 15) is 9.59 Å². The fraction of sp³-hybridized carbons (Fsp3) is 0.200. The number of carbonyl (C=O) groups excluding carboxylic acids is 2. The monoisotopic (exact) mass is 511 g/mol. The van der Waals surface area contributed by atoms with Gasteiger partial charge in [-0.05, 0) is 30.3 Å². The lowest BCUT2D eigenvalue weighted by molar-refractivity contribution is -0.135. The normalized spacial score (nSPS) is 17.2. The molecule has 0 spiro atoms. The zero-order valence-electron chi connectivity index (χ0n) is 21.4. The lowest BCUT2D eigenvalue weighted by Gasteiger charge is -2.28. The molecule has 3 heterocycles. The second kappa shape index (κ2) is 8.99. The summed E-state index contributed by atoms with van der Waals surface area (Å²) < 4.78 is 30.5. The van der Waals surface area contributed by atoms with E-state index < -0.39 is 11.9 Å². The van der Waals surface area contributed by atoms with E-state index in [0.717, 1.165) is 16.5 Å². The average molecular weight is 512 g/mol. The molecule has 6 rings (SSSR count). The molecule has 0 radical (unpaired) electrons. The van der Waals surface area contributed by atoms with Crippen LogP contribution in [0.5, 0.6) is 28.7 Å². The number of ketones is 1. The zero-order valence-corrected chi connectivity index (χ0v) is 21.4. The van der Waals surface area contributed by atoms with Crippen molar-refractivity contribution in [2.75, 3.05) is 21.3 Å². The van der Waals surface area contributed by atoms with Gasteiger partial charge in [-0.15, -0.1) is 0 Å². The van der Waals surface area contributed by atoms with Crippen LogP contribution in [0.1, 0.15) is 39.4 Å². The number of carbonyl (C=O) groups is 2. The first kappa shape index (κ1) is 23.7. The van der Waals surface area contributed by atoms with Gasteiger partial charge in [0.05, 0.1) is 33.3 Å². The van der Waals surface area contributed by atoms with E-state index >= 15 is 0 Å². The fourth-order valence-corrected chi connectivity index (χ4v) is 5.33. The molecule has 0 unspecified atom stereocenters. The summed E-state index contributed by atoms with van der Waals surface area (Å²) >= 11 is 0. The molecule has 38 heavy (non-hydrogen) atoms. The molecule has 1 aromatic heterocycles. The number of fused-ring (bicyclic) bond motifs is 4. The molecule has 2 aliphatic rings. The van der Waals surface area contributed by atoms with E-state index in [-0.39, 0.29) is 18.0 Å². The van der Waals surface area contributed by atoms with Gasteiger partial charge in [-0.1, -0.05) is 18.2 Å². The number of aromatic nitrogens is 1. The van der Waals surface area contributed by atoms with Crippen LogP contribution < -0.4 is 23.7 Å². The molecular weight excluding hydrogens is 486 g/mol. The molecule has 8 heteroatoms. The molecule has 0 fully saturated rings. The first-order valence-electron chi connectivity index (χ1n) is 12.1. The third kappa shape index (κ3) is 3.60. The second-order valence-corrected chi connectivity index (χ2v) is 9.19. The Bertz CT molecular complexity index is 1660. The number of hydrogen-bond donors (Lipinski definition) is 0. The number of esters is 1. The van der Waals surface area contributed by atoms with Crippen LogP contribution in [0.4, 0.5) is 0 Å². The van der Waals surface area contributed by atoms with E-state index in [1.54, 1.807) is 51.7 Å². The highest BCUT2D eigenvalue weighted by Gasteiger charge is 2.40. The van der Waals surface area contributed by atoms with Crippen molar-refractivity contribution in [3.63, 3.8) is 0 Å². The molecule has 0 N–H and O–H groups in total. The number of nitrogens with zero attached hydrogens (tertiary/aromatic N) is 1. The van der Waals surface area contributed by atoms with Crippen LogP contribution in [0.2, 0.25) is 0 Å². The summed E-state index contributed by atoms with van der Waals surface area (Å²) in [7, 11) is 6.59. The van der Waals surface area contributed by atoms with Gasteiger partial charge in [-0.3, -0.25) is 9.59 Å². The van der Waals surface area contributed by atoms with Crippen LogP contribution in [0.3, 0.4) is 0 Å². The summed E-state index contributed by atoms with van der Waals surface area (Å²) in [5, 5.41) is 1.01. The van der Waals surface area contributed by atoms with Gasteiger partial charge in [0.25, 0.3) is 0 Å². The summed E-state index contributed by atoms with van der Waals surface area (Å²) in [6, 6.07) is 14.8. The van der Waals surface area contributed by atoms with E-state index in [4.69, 9.17) is 23.7 Å². The predicted octanol–water partition coefficient (Wildman–Crippen LogP) is 5.26. The van der Waals surface area contributed by atoms with Crippen molar-refractivity contribution in [3.8, 4) is 28.7 Å². The minimum Gasteiger partial charge on any atom is -0.496 e. The zero-order chi connectivity index (χ0) is 26.6. The molecule has 2 aliphatic heterocycles. The Kier molecular flexibility index (Phi) is 5.60. The van der Waals surface area contributed by atoms with Gasteiger partial charge >= 0.3 is 5.97 Å². The van der Waals surface area contributed by atoms with Crippen LogP contribution in [0.25, 0.3) is 17.0 Å². The minimum atomic E-state index is -0.499. The molecule has 0 bridgehead atoms. The molecule has 192 valence electrons. The standard InChI is InChI=1S/C30H25NO7/c1-31-15-16(17-7-5-6-8-21(17)31)11-26-29(33)18-9-10-22-28(30(18)38-26)20(13-27(32)37-22)19-12-24(35-3)25(36-4)14-23(19)34-2/h5-12,14-15,20H,13H2,1-4H3/b26-11+/t20-/m1/s1. The largest absolute Gasteiger partial charge is 0.496 e. The van der Waals surface area contributed by atoms with E-state index in [2.05, 4.69) is 0 Å². The van der Waals surface area contributed by atoms with Crippen LogP contribution in [-0.2, 0) is 11.8 Å². The lowest BCUT2D eigenvalue weighted by atomic mass is 9.84. The highest BCUT2D eigenvalue weighted by molar-refractivity contribution is 6.15. The van der Waals surface area contributed by atoms with E-state index in [1.807, 2.05) is 42.1 Å². The Labute approximate surface area is 218 Å².